The van der Waals surface area contributed by atoms with Gasteiger partial charge in [0.05, 0.1) is 18.3 Å². The fraction of sp³-hybridized carbons (Fsp3) is 0.333. The molecule has 3 nitrogen and oxygen atoms in total. The Bertz CT molecular complexity index is 775. The van der Waals surface area contributed by atoms with Crippen molar-refractivity contribution in [2.75, 3.05) is 0 Å². The lowest BCUT2D eigenvalue weighted by Crippen LogP contribution is -2.26. The third kappa shape index (κ3) is 4.65. The molecule has 1 saturated carbocycles. The van der Waals surface area contributed by atoms with Crippen LogP contribution in [0.4, 0.5) is 0 Å². The summed E-state index contributed by atoms with van der Waals surface area (Å²) in [6.45, 7) is 0. The number of aliphatic hydroxyl groups is 3. The zero-order chi connectivity index (χ0) is 20.9. The molecule has 3 aromatic rings. The normalized spacial score (nSPS) is 30.1. The molecule has 3 aromatic carbocycles. The van der Waals surface area contributed by atoms with Gasteiger partial charge in [-0.25, -0.2) is 0 Å². The van der Waals surface area contributed by atoms with Gasteiger partial charge >= 0.3 is 0 Å². The first-order valence-corrected chi connectivity index (χ1v) is 10.8. The first kappa shape index (κ1) is 20.8. The molecular formula is C27H30O3. The van der Waals surface area contributed by atoms with E-state index < -0.39 is 18.3 Å². The summed E-state index contributed by atoms with van der Waals surface area (Å²) in [5.41, 5.74) is 3.08. The Balaban J connectivity index is 1.74. The van der Waals surface area contributed by atoms with Crippen LogP contribution in [-0.2, 0) is 0 Å². The van der Waals surface area contributed by atoms with Crippen molar-refractivity contribution >= 4 is 0 Å². The lowest BCUT2D eigenvalue weighted by molar-refractivity contribution is 0.0786. The zero-order valence-electron chi connectivity index (χ0n) is 17.1. The molecule has 1 aliphatic rings. The highest BCUT2D eigenvalue weighted by Crippen LogP contribution is 2.41. The second kappa shape index (κ2) is 9.57. The molecule has 4 rings (SSSR count). The van der Waals surface area contributed by atoms with Crippen LogP contribution in [0.1, 0.15) is 53.7 Å². The minimum atomic E-state index is -0.656. The Morgan fingerprint density at radius 1 is 0.400 bits per heavy atom. The smallest absolute Gasteiger partial charge is 0.0616 e. The molecule has 0 aliphatic heterocycles. The molecule has 0 bridgehead atoms. The van der Waals surface area contributed by atoms with E-state index in [0.29, 0.717) is 19.3 Å². The summed E-state index contributed by atoms with van der Waals surface area (Å²) in [6, 6.07) is 29.8. The highest BCUT2D eigenvalue weighted by molar-refractivity contribution is 5.27. The minimum absolute atomic E-state index is 0.191. The molecule has 6 unspecified atom stereocenters. The third-order valence-corrected chi connectivity index (χ3v) is 6.56. The number of aliphatic hydroxyl groups excluding tert-OH is 3. The van der Waals surface area contributed by atoms with E-state index in [-0.39, 0.29) is 17.8 Å². The summed E-state index contributed by atoms with van der Waals surface area (Å²) in [4.78, 5) is 0. The first-order chi connectivity index (χ1) is 14.6. The monoisotopic (exact) mass is 402 g/mol. The SMILES string of the molecule is OC1CC(c2ccccc2)C(O)CC(c2ccccc2)C(O)CC1c1ccccc1. The van der Waals surface area contributed by atoms with E-state index in [9.17, 15) is 15.3 Å². The lowest BCUT2D eigenvalue weighted by Gasteiger charge is -2.28. The van der Waals surface area contributed by atoms with Gasteiger partial charge in [0.25, 0.3) is 0 Å². The van der Waals surface area contributed by atoms with E-state index in [1.165, 1.54) is 0 Å². The number of hydrogen-bond acceptors (Lipinski definition) is 3. The van der Waals surface area contributed by atoms with E-state index in [1.54, 1.807) is 0 Å². The van der Waals surface area contributed by atoms with Gasteiger partial charge in [0.2, 0.25) is 0 Å². The van der Waals surface area contributed by atoms with Gasteiger partial charge in [0.1, 0.15) is 0 Å². The topological polar surface area (TPSA) is 60.7 Å². The van der Waals surface area contributed by atoms with E-state index in [0.717, 1.165) is 16.7 Å². The van der Waals surface area contributed by atoms with Crippen molar-refractivity contribution < 1.29 is 15.3 Å². The van der Waals surface area contributed by atoms with Crippen LogP contribution in [0.25, 0.3) is 0 Å². The fourth-order valence-corrected chi connectivity index (χ4v) is 4.92. The molecule has 0 radical (unpaired) electrons. The van der Waals surface area contributed by atoms with Gasteiger partial charge in [-0.1, -0.05) is 91.0 Å². The van der Waals surface area contributed by atoms with Crippen LogP contribution in [-0.4, -0.2) is 33.6 Å². The molecule has 6 atom stereocenters. The van der Waals surface area contributed by atoms with Crippen molar-refractivity contribution in [2.45, 2.75) is 55.3 Å². The minimum Gasteiger partial charge on any atom is -0.392 e. The number of hydrogen-bond donors (Lipinski definition) is 3. The van der Waals surface area contributed by atoms with Crippen molar-refractivity contribution in [3.63, 3.8) is 0 Å². The molecule has 3 N–H and O–H groups in total. The highest BCUT2D eigenvalue weighted by atomic mass is 16.3. The fourth-order valence-electron chi connectivity index (χ4n) is 4.92. The molecule has 0 saturated heterocycles. The average molecular weight is 403 g/mol. The largest absolute Gasteiger partial charge is 0.392 e. The van der Waals surface area contributed by atoms with Gasteiger partial charge in [0.15, 0.2) is 0 Å². The first-order valence-electron chi connectivity index (χ1n) is 10.8. The van der Waals surface area contributed by atoms with Gasteiger partial charge in [-0.2, -0.15) is 0 Å². The van der Waals surface area contributed by atoms with Crippen LogP contribution in [0.15, 0.2) is 91.0 Å². The van der Waals surface area contributed by atoms with Crippen molar-refractivity contribution in [1.82, 2.24) is 0 Å². The summed E-state index contributed by atoms with van der Waals surface area (Å²) in [5.74, 6) is -0.572. The molecule has 1 aliphatic carbocycles. The Labute approximate surface area is 178 Å². The van der Waals surface area contributed by atoms with Crippen molar-refractivity contribution in [1.29, 1.82) is 0 Å². The van der Waals surface area contributed by atoms with Crippen LogP contribution >= 0.6 is 0 Å². The summed E-state index contributed by atoms with van der Waals surface area (Å²) in [5, 5.41) is 33.8. The maximum Gasteiger partial charge on any atom is 0.0616 e. The van der Waals surface area contributed by atoms with Crippen molar-refractivity contribution in [3.05, 3.63) is 108 Å². The second-order valence-corrected chi connectivity index (χ2v) is 8.46. The van der Waals surface area contributed by atoms with E-state index >= 15 is 0 Å². The standard InChI is InChI=1S/C27H30O3/c28-25-17-23(20-12-6-2-7-13-20)27(30)18-24(21-14-8-3-9-15-21)26(29)16-22(25)19-10-4-1-5-11-19/h1-15,22-30H,16-18H2. The van der Waals surface area contributed by atoms with Crippen LogP contribution in [0.5, 0.6) is 0 Å². The molecule has 3 heteroatoms. The second-order valence-electron chi connectivity index (χ2n) is 8.46. The molecule has 0 amide bonds. The maximum atomic E-state index is 11.3. The zero-order valence-corrected chi connectivity index (χ0v) is 17.1. The Morgan fingerprint density at radius 2 is 0.633 bits per heavy atom. The van der Waals surface area contributed by atoms with E-state index in [2.05, 4.69) is 0 Å². The maximum absolute atomic E-state index is 11.3. The van der Waals surface area contributed by atoms with Crippen molar-refractivity contribution in [3.8, 4) is 0 Å². The van der Waals surface area contributed by atoms with E-state index in [1.807, 2.05) is 91.0 Å². The highest BCUT2D eigenvalue weighted by Gasteiger charge is 2.37. The average Bonchev–Trinajstić information content (AvgIpc) is 2.84. The van der Waals surface area contributed by atoms with Crippen LogP contribution in [0, 0.1) is 0 Å². The molecule has 0 heterocycles. The molecular weight excluding hydrogens is 372 g/mol. The summed E-state index contributed by atoms with van der Waals surface area (Å²) >= 11 is 0. The predicted octanol–water partition coefficient (Wildman–Crippen LogP) is 4.60. The lowest BCUT2D eigenvalue weighted by atomic mass is 9.81. The number of benzene rings is 3. The summed E-state index contributed by atoms with van der Waals surface area (Å²) in [7, 11) is 0. The Morgan fingerprint density at radius 3 is 0.867 bits per heavy atom. The van der Waals surface area contributed by atoms with Gasteiger partial charge in [-0.15, -0.1) is 0 Å². The molecule has 156 valence electrons. The van der Waals surface area contributed by atoms with Gasteiger partial charge < -0.3 is 15.3 Å². The third-order valence-electron chi connectivity index (χ3n) is 6.56. The molecule has 0 spiro atoms. The van der Waals surface area contributed by atoms with Gasteiger partial charge in [-0.3, -0.25) is 0 Å². The van der Waals surface area contributed by atoms with Crippen LogP contribution in [0.3, 0.4) is 0 Å². The van der Waals surface area contributed by atoms with Gasteiger partial charge in [-0.05, 0) is 36.0 Å². The summed E-state index contributed by atoms with van der Waals surface area (Å²) in [6.07, 6.45) is -0.596. The Hall–Kier alpha value is -2.46. The number of rotatable bonds is 3. The van der Waals surface area contributed by atoms with Crippen LogP contribution in [0.2, 0.25) is 0 Å². The van der Waals surface area contributed by atoms with E-state index in [4.69, 9.17) is 0 Å². The molecule has 1 fully saturated rings. The molecule has 0 aromatic heterocycles. The molecule has 30 heavy (non-hydrogen) atoms. The van der Waals surface area contributed by atoms with Gasteiger partial charge in [0, 0.05) is 17.8 Å². The summed E-state index contributed by atoms with van der Waals surface area (Å²) < 4.78 is 0. The predicted molar refractivity (Wildman–Crippen MR) is 119 cm³/mol. The van der Waals surface area contributed by atoms with Crippen LogP contribution < -0.4 is 0 Å². The Kier molecular flexibility index (Phi) is 6.63. The quantitative estimate of drug-likeness (QED) is 0.600. The van der Waals surface area contributed by atoms with Crippen molar-refractivity contribution in [2.24, 2.45) is 0 Å².